The number of hydrogen-bond acceptors (Lipinski definition) is 5. The van der Waals surface area contributed by atoms with E-state index >= 15 is 0 Å². The van der Waals surface area contributed by atoms with E-state index in [0.717, 1.165) is 34.0 Å². The summed E-state index contributed by atoms with van der Waals surface area (Å²) in [5, 5.41) is 6.64. The molecular formula is C32H27F2N3O2S. The SMILES string of the molecule is COc1cc(/C=N/n2c(-c3ccc(C)c(C)c3)csc2=Nc2ccc(F)cc2F)ccc1OCc1ccccc1. The first kappa shape index (κ1) is 27.0. The molecule has 0 atom stereocenters. The van der Waals surface area contributed by atoms with Gasteiger partial charge in [0.2, 0.25) is 4.80 Å². The van der Waals surface area contributed by atoms with Crippen LogP contribution in [0.3, 0.4) is 0 Å². The van der Waals surface area contributed by atoms with Crippen molar-refractivity contribution in [2.45, 2.75) is 20.5 Å². The van der Waals surface area contributed by atoms with Crippen LogP contribution in [0.2, 0.25) is 0 Å². The van der Waals surface area contributed by atoms with Crippen LogP contribution in [-0.2, 0) is 6.61 Å². The summed E-state index contributed by atoms with van der Waals surface area (Å²) in [6.07, 6.45) is 1.68. The molecule has 0 radical (unpaired) electrons. The second kappa shape index (κ2) is 12.1. The number of methoxy groups -OCH3 is 1. The maximum Gasteiger partial charge on any atom is 0.211 e. The Balaban J connectivity index is 1.51. The zero-order valence-corrected chi connectivity index (χ0v) is 23.1. The molecule has 0 fully saturated rings. The van der Waals surface area contributed by atoms with Gasteiger partial charge >= 0.3 is 0 Å². The van der Waals surface area contributed by atoms with Crippen molar-refractivity contribution >= 4 is 23.2 Å². The molecule has 40 heavy (non-hydrogen) atoms. The Bertz CT molecular complexity index is 1740. The van der Waals surface area contributed by atoms with E-state index in [2.05, 4.69) is 18.0 Å². The second-order valence-electron chi connectivity index (χ2n) is 9.15. The highest BCUT2D eigenvalue weighted by Crippen LogP contribution is 2.29. The van der Waals surface area contributed by atoms with Gasteiger partial charge in [0.1, 0.15) is 18.1 Å². The van der Waals surface area contributed by atoms with Gasteiger partial charge in [0.05, 0.1) is 19.0 Å². The monoisotopic (exact) mass is 555 g/mol. The highest BCUT2D eigenvalue weighted by atomic mass is 32.1. The largest absolute Gasteiger partial charge is 0.493 e. The van der Waals surface area contributed by atoms with Crippen LogP contribution < -0.4 is 14.3 Å². The third-order valence-electron chi connectivity index (χ3n) is 6.36. The molecule has 0 N–H and O–H groups in total. The van der Waals surface area contributed by atoms with E-state index in [1.807, 2.05) is 73.0 Å². The van der Waals surface area contributed by atoms with E-state index in [1.54, 1.807) is 18.0 Å². The number of benzene rings is 4. The smallest absolute Gasteiger partial charge is 0.211 e. The molecule has 0 bridgehead atoms. The van der Waals surface area contributed by atoms with Gasteiger partial charge in [-0.05, 0) is 72.5 Å². The first-order chi connectivity index (χ1) is 19.4. The summed E-state index contributed by atoms with van der Waals surface area (Å²) in [5.41, 5.74) is 5.90. The molecule has 0 spiro atoms. The van der Waals surface area contributed by atoms with Gasteiger partial charge in [0.15, 0.2) is 17.3 Å². The van der Waals surface area contributed by atoms with Crippen LogP contribution in [0.5, 0.6) is 11.5 Å². The number of hydrogen-bond donors (Lipinski definition) is 0. The maximum absolute atomic E-state index is 14.4. The molecule has 1 heterocycles. The Morgan fingerprint density at radius 2 is 1.70 bits per heavy atom. The minimum Gasteiger partial charge on any atom is -0.493 e. The van der Waals surface area contributed by atoms with Crippen LogP contribution in [0.25, 0.3) is 11.3 Å². The molecule has 5 rings (SSSR count). The van der Waals surface area contributed by atoms with Gasteiger partial charge in [-0.2, -0.15) is 5.10 Å². The van der Waals surface area contributed by atoms with E-state index < -0.39 is 11.6 Å². The zero-order valence-electron chi connectivity index (χ0n) is 22.3. The Morgan fingerprint density at radius 3 is 2.45 bits per heavy atom. The Labute approximate surface area is 235 Å². The molecule has 0 aliphatic carbocycles. The number of ether oxygens (including phenoxy) is 2. The molecule has 1 aromatic heterocycles. The van der Waals surface area contributed by atoms with E-state index in [-0.39, 0.29) is 5.69 Å². The number of rotatable bonds is 8. The normalized spacial score (nSPS) is 11.8. The molecule has 8 heteroatoms. The standard InChI is InChI=1S/C32H27F2N3O2S/c1-21-9-11-25(15-22(21)2)29-20-40-32(36-28-13-12-26(33)17-27(28)34)37(29)35-18-24-10-14-30(31(16-24)38-3)39-19-23-7-5-4-6-8-23/h4-18,20H,19H2,1-3H3/b35-18+,36-32?. The third kappa shape index (κ3) is 6.18. The predicted molar refractivity (Wildman–Crippen MR) is 156 cm³/mol. The number of thiazole rings is 1. The minimum absolute atomic E-state index is 0.0282. The van der Waals surface area contributed by atoms with Crippen molar-refractivity contribution in [3.8, 4) is 22.8 Å². The van der Waals surface area contributed by atoms with Crippen LogP contribution in [0.1, 0.15) is 22.3 Å². The van der Waals surface area contributed by atoms with Crippen molar-refractivity contribution < 1.29 is 18.3 Å². The fourth-order valence-electron chi connectivity index (χ4n) is 4.01. The van der Waals surface area contributed by atoms with Crippen molar-refractivity contribution in [3.63, 3.8) is 0 Å². The Kier molecular flexibility index (Phi) is 8.17. The second-order valence-corrected chi connectivity index (χ2v) is 9.99. The first-order valence-electron chi connectivity index (χ1n) is 12.6. The molecule has 5 aromatic rings. The highest BCUT2D eigenvalue weighted by molar-refractivity contribution is 7.07. The molecule has 0 aliphatic rings. The lowest BCUT2D eigenvalue weighted by atomic mass is 10.1. The summed E-state index contributed by atoms with van der Waals surface area (Å²) in [6, 6.07) is 24.9. The Morgan fingerprint density at radius 1 is 0.875 bits per heavy atom. The fourth-order valence-corrected chi connectivity index (χ4v) is 4.86. The maximum atomic E-state index is 14.4. The van der Waals surface area contributed by atoms with Gasteiger partial charge in [0.25, 0.3) is 0 Å². The van der Waals surface area contributed by atoms with Crippen molar-refractivity contribution in [3.05, 3.63) is 129 Å². The Hall–Kier alpha value is -4.56. The molecule has 202 valence electrons. The van der Waals surface area contributed by atoms with Gasteiger partial charge in [0, 0.05) is 17.0 Å². The van der Waals surface area contributed by atoms with E-state index in [0.29, 0.717) is 22.9 Å². The van der Waals surface area contributed by atoms with Gasteiger partial charge in [-0.25, -0.2) is 18.4 Å². The molecule has 0 aliphatic heterocycles. The van der Waals surface area contributed by atoms with Crippen molar-refractivity contribution in [2.75, 3.05) is 7.11 Å². The molecular weight excluding hydrogens is 528 g/mol. The van der Waals surface area contributed by atoms with Gasteiger partial charge in [-0.1, -0.05) is 42.5 Å². The molecule has 0 saturated carbocycles. The van der Waals surface area contributed by atoms with E-state index in [4.69, 9.17) is 14.6 Å². The molecule has 5 nitrogen and oxygen atoms in total. The predicted octanol–water partition coefficient (Wildman–Crippen LogP) is 7.81. The van der Waals surface area contributed by atoms with Crippen molar-refractivity contribution in [2.24, 2.45) is 10.1 Å². The number of halogens is 2. The third-order valence-corrected chi connectivity index (χ3v) is 7.18. The quantitative estimate of drug-likeness (QED) is 0.183. The van der Waals surface area contributed by atoms with Crippen LogP contribution >= 0.6 is 11.3 Å². The fraction of sp³-hybridized carbons (Fsp3) is 0.125. The van der Waals surface area contributed by atoms with Crippen molar-refractivity contribution in [1.82, 2.24) is 4.68 Å². The molecule has 0 unspecified atom stereocenters. The van der Waals surface area contributed by atoms with Gasteiger partial charge in [-0.15, -0.1) is 11.3 Å². The minimum atomic E-state index is -0.743. The lowest BCUT2D eigenvalue weighted by Gasteiger charge is -2.11. The first-order valence-corrected chi connectivity index (χ1v) is 13.5. The summed E-state index contributed by atoms with van der Waals surface area (Å²) >= 11 is 1.32. The summed E-state index contributed by atoms with van der Waals surface area (Å²) in [4.78, 5) is 4.90. The van der Waals surface area contributed by atoms with Crippen LogP contribution in [0.4, 0.5) is 14.5 Å². The van der Waals surface area contributed by atoms with Gasteiger partial charge < -0.3 is 9.47 Å². The van der Waals surface area contributed by atoms with E-state index in [9.17, 15) is 8.78 Å². The number of aromatic nitrogens is 1. The average molecular weight is 556 g/mol. The lowest BCUT2D eigenvalue weighted by Crippen LogP contribution is -2.12. The average Bonchev–Trinajstić information content (AvgIpc) is 3.36. The van der Waals surface area contributed by atoms with E-state index in [1.165, 1.54) is 29.0 Å². The number of aryl methyl sites for hydroxylation is 2. The molecule has 0 saturated heterocycles. The lowest BCUT2D eigenvalue weighted by molar-refractivity contribution is 0.284. The summed E-state index contributed by atoms with van der Waals surface area (Å²) in [6.45, 7) is 4.52. The summed E-state index contributed by atoms with van der Waals surface area (Å²) < 4.78 is 41.1. The zero-order chi connectivity index (χ0) is 28.1. The topological polar surface area (TPSA) is 48.1 Å². The summed E-state index contributed by atoms with van der Waals surface area (Å²) in [5.74, 6) is -0.213. The highest BCUT2D eigenvalue weighted by Gasteiger charge is 2.11. The van der Waals surface area contributed by atoms with Crippen LogP contribution in [0.15, 0.2) is 100 Å². The number of nitrogens with zero attached hydrogens (tertiary/aromatic N) is 3. The molecule has 4 aromatic carbocycles. The van der Waals surface area contributed by atoms with Crippen molar-refractivity contribution in [1.29, 1.82) is 0 Å². The summed E-state index contributed by atoms with van der Waals surface area (Å²) in [7, 11) is 1.59. The molecule has 0 amide bonds. The van der Waals surface area contributed by atoms with Gasteiger partial charge in [-0.3, -0.25) is 0 Å². The van der Waals surface area contributed by atoms with Crippen LogP contribution in [-0.4, -0.2) is 18.0 Å². The van der Waals surface area contributed by atoms with Crippen LogP contribution in [0, 0.1) is 25.5 Å².